The van der Waals surface area contributed by atoms with Crippen molar-refractivity contribution in [2.75, 3.05) is 20.1 Å². The van der Waals surface area contributed by atoms with Gasteiger partial charge in [0.1, 0.15) is 0 Å². The Hall–Kier alpha value is -0.860. The van der Waals surface area contributed by atoms with E-state index in [4.69, 9.17) is 0 Å². The van der Waals surface area contributed by atoms with Gasteiger partial charge >= 0.3 is 0 Å². The molecule has 1 heterocycles. The summed E-state index contributed by atoms with van der Waals surface area (Å²) < 4.78 is 0. The summed E-state index contributed by atoms with van der Waals surface area (Å²) in [6, 6.07) is 11.2. The van der Waals surface area contributed by atoms with E-state index in [1.807, 2.05) is 0 Å². The molecule has 88 valence electrons. The van der Waals surface area contributed by atoms with Gasteiger partial charge < -0.3 is 5.32 Å². The van der Waals surface area contributed by atoms with E-state index in [2.05, 4.69) is 61.4 Å². The highest BCUT2D eigenvalue weighted by Crippen LogP contribution is 2.26. The number of nitrogens with zero attached hydrogens (tertiary/aromatic N) is 1. The minimum Gasteiger partial charge on any atom is -0.307 e. The van der Waals surface area contributed by atoms with E-state index in [0.717, 1.165) is 13.1 Å². The lowest BCUT2D eigenvalue weighted by atomic mass is 9.91. The van der Waals surface area contributed by atoms with Crippen LogP contribution >= 0.6 is 0 Å². The predicted octanol–water partition coefficient (Wildman–Crippen LogP) is 2.43. The van der Waals surface area contributed by atoms with Gasteiger partial charge in [0.05, 0.1) is 0 Å². The van der Waals surface area contributed by atoms with Crippen molar-refractivity contribution in [3.63, 3.8) is 0 Å². The average Bonchev–Trinajstić information content (AvgIpc) is 2.34. The highest BCUT2D eigenvalue weighted by Gasteiger charge is 2.34. The van der Waals surface area contributed by atoms with Gasteiger partial charge in [-0.1, -0.05) is 37.3 Å². The maximum Gasteiger partial charge on any atom is 0.0450 e. The van der Waals surface area contributed by atoms with Crippen LogP contribution in [-0.2, 0) is 0 Å². The van der Waals surface area contributed by atoms with Crippen LogP contribution in [-0.4, -0.2) is 30.6 Å². The average molecular weight is 218 g/mol. The van der Waals surface area contributed by atoms with Crippen molar-refractivity contribution in [3.05, 3.63) is 35.9 Å². The van der Waals surface area contributed by atoms with Gasteiger partial charge in [-0.15, -0.1) is 0 Å². The third-order valence-corrected chi connectivity index (χ3v) is 4.07. The number of hydrogen-bond acceptors (Lipinski definition) is 2. The van der Waals surface area contributed by atoms with Crippen molar-refractivity contribution in [1.29, 1.82) is 0 Å². The summed E-state index contributed by atoms with van der Waals surface area (Å²) in [4.78, 5) is 2.49. The topological polar surface area (TPSA) is 15.3 Å². The molecular formula is C14H22N2. The van der Waals surface area contributed by atoms with Crippen LogP contribution in [0.5, 0.6) is 0 Å². The van der Waals surface area contributed by atoms with Crippen LogP contribution in [0.2, 0.25) is 0 Å². The van der Waals surface area contributed by atoms with E-state index >= 15 is 0 Å². The molecule has 1 aromatic carbocycles. The summed E-state index contributed by atoms with van der Waals surface area (Å²) in [5.41, 5.74) is 1.71. The summed E-state index contributed by atoms with van der Waals surface area (Å²) in [5.74, 6) is 0. The van der Waals surface area contributed by atoms with Crippen LogP contribution in [0.25, 0.3) is 0 Å². The first-order valence-electron chi connectivity index (χ1n) is 6.15. The van der Waals surface area contributed by atoms with Crippen LogP contribution in [0, 0.1) is 0 Å². The molecule has 0 spiro atoms. The van der Waals surface area contributed by atoms with Crippen molar-refractivity contribution in [2.24, 2.45) is 0 Å². The van der Waals surface area contributed by atoms with Gasteiger partial charge in [-0.3, -0.25) is 4.90 Å². The number of rotatable bonds is 2. The molecule has 2 nitrogen and oxygen atoms in total. The second-order valence-corrected chi connectivity index (χ2v) is 5.08. The predicted molar refractivity (Wildman–Crippen MR) is 68.5 cm³/mol. The molecular weight excluding hydrogens is 196 g/mol. The molecule has 1 aromatic rings. The zero-order valence-corrected chi connectivity index (χ0v) is 10.5. The zero-order chi connectivity index (χ0) is 11.6. The second kappa shape index (κ2) is 4.56. The number of likely N-dealkylation sites (N-methyl/N-ethyl adjacent to an activating group) is 1. The summed E-state index contributed by atoms with van der Waals surface area (Å²) in [6.45, 7) is 6.76. The van der Waals surface area contributed by atoms with E-state index in [1.165, 1.54) is 12.0 Å². The molecule has 0 radical (unpaired) electrons. The Labute approximate surface area is 98.7 Å². The van der Waals surface area contributed by atoms with Crippen molar-refractivity contribution >= 4 is 0 Å². The van der Waals surface area contributed by atoms with E-state index in [0.29, 0.717) is 11.6 Å². The quantitative estimate of drug-likeness (QED) is 0.820. The molecule has 0 amide bonds. The maximum atomic E-state index is 3.67. The minimum atomic E-state index is 0.311. The van der Waals surface area contributed by atoms with Gasteiger partial charge in [-0.05, 0) is 26.0 Å². The molecule has 0 bridgehead atoms. The van der Waals surface area contributed by atoms with Crippen LogP contribution in [0.4, 0.5) is 0 Å². The van der Waals surface area contributed by atoms with Crippen LogP contribution in [0.3, 0.4) is 0 Å². The Morgan fingerprint density at radius 2 is 2.06 bits per heavy atom. The minimum absolute atomic E-state index is 0.311. The summed E-state index contributed by atoms with van der Waals surface area (Å²) >= 11 is 0. The first-order valence-corrected chi connectivity index (χ1v) is 6.15. The molecule has 1 N–H and O–H groups in total. The Balaban J connectivity index is 2.08. The molecule has 0 saturated carbocycles. The highest BCUT2D eigenvalue weighted by molar-refractivity contribution is 5.20. The Morgan fingerprint density at radius 1 is 1.38 bits per heavy atom. The highest BCUT2D eigenvalue weighted by atomic mass is 15.2. The van der Waals surface area contributed by atoms with Crippen LogP contribution in [0.1, 0.15) is 31.9 Å². The third-order valence-electron chi connectivity index (χ3n) is 4.07. The van der Waals surface area contributed by atoms with Gasteiger partial charge in [0.15, 0.2) is 0 Å². The molecule has 2 atom stereocenters. The molecule has 0 aromatic heterocycles. The van der Waals surface area contributed by atoms with Crippen LogP contribution < -0.4 is 5.32 Å². The molecule has 1 saturated heterocycles. The zero-order valence-electron chi connectivity index (χ0n) is 10.5. The maximum absolute atomic E-state index is 3.67. The molecule has 2 rings (SSSR count). The monoisotopic (exact) mass is 218 g/mol. The smallest absolute Gasteiger partial charge is 0.0450 e. The Bertz CT molecular complexity index is 336. The van der Waals surface area contributed by atoms with Gasteiger partial charge in [-0.25, -0.2) is 0 Å². The molecule has 1 aliphatic heterocycles. The van der Waals surface area contributed by atoms with E-state index < -0.39 is 0 Å². The first kappa shape index (κ1) is 11.6. The normalized spacial score (nSPS) is 31.6. The molecule has 1 fully saturated rings. The molecule has 2 heteroatoms. The summed E-state index contributed by atoms with van der Waals surface area (Å²) in [7, 11) is 2.24. The Kier molecular flexibility index (Phi) is 3.31. The number of nitrogens with one attached hydrogen (secondary N) is 1. The van der Waals surface area contributed by atoms with E-state index in [1.54, 1.807) is 0 Å². The number of piperazine rings is 1. The SMILES string of the molecule is CCC1(C)CNC(c2ccccc2)CN1C. The number of hydrogen-bond donors (Lipinski definition) is 1. The fraction of sp³-hybridized carbons (Fsp3) is 0.571. The fourth-order valence-corrected chi connectivity index (χ4v) is 2.34. The lowest BCUT2D eigenvalue weighted by Gasteiger charge is -2.46. The van der Waals surface area contributed by atoms with Crippen molar-refractivity contribution in [1.82, 2.24) is 10.2 Å². The summed E-state index contributed by atoms with van der Waals surface area (Å²) in [6.07, 6.45) is 1.19. The summed E-state index contributed by atoms with van der Waals surface area (Å²) in [5, 5.41) is 3.67. The van der Waals surface area contributed by atoms with Crippen molar-refractivity contribution in [3.8, 4) is 0 Å². The van der Waals surface area contributed by atoms with E-state index in [-0.39, 0.29) is 0 Å². The number of benzene rings is 1. The van der Waals surface area contributed by atoms with Crippen molar-refractivity contribution < 1.29 is 0 Å². The lowest BCUT2D eigenvalue weighted by molar-refractivity contribution is 0.0755. The molecule has 1 aliphatic rings. The third kappa shape index (κ3) is 2.13. The molecule has 16 heavy (non-hydrogen) atoms. The van der Waals surface area contributed by atoms with Gasteiger partial charge in [0, 0.05) is 24.7 Å². The standard InChI is InChI=1S/C14H22N2/c1-4-14(2)11-15-13(10-16(14)3)12-8-6-5-7-9-12/h5-9,13,15H,4,10-11H2,1-3H3. The fourth-order valence-electron chi connectivity index (χ4n) is 2.34. The van der Waals surface area contributed by atoms with Crippen molar-refractivity contribution in [2.45, 2.75) is 31.8 Å². The lowest BCUT2D eigenvalue weighted by Crippen LogP contribution is -2.58. The molecule has 0 aliphatic carbocycles. The van der Waals surface area contributed by atoms with Gasteiger partial charge in [0.25, 0.3) is 0 Å². The Morgan fingerprint density at radius 3 is 2.62 bits per heavy atom. The second-order valence-electron chi connectivity index (χ2n) is 5.08. The van der Waals surface area contributed by atoms with E-state index in [9.17, 15) is 0 Å². The van der Waals surface area contributed by atoms with Gasteiger partial charge in [0.2, 0.25) is 0 Å². The first-order chi connectivity index (χ1) is 7.65. The molecule has 2 unspecified atom stereocenters. The van der Waals surface area contributed by atoms with Crippen LogP contribution in [0.15, 0.2) is 30.3 Å². The van der Waals surface area contributed by atoms with Gasteiger partial charge in [-0.2, -0.15) is 0 Å². The largest absolute Gasteiger partial charge is 0.307 e.